The Kier molecular flexibility index (Phi) is 6.10. The van der Waals surface area contributed by atoms with E-state index in [-0.39, 0.29) is 11.8 Å². The van der Waals surface area contributed by atoms with E-state index in [2.05, 4.69) is 10.6 Å². The summed E-state index contributed by atoms with van der Waals surface area (Å²) < 4.78 is 11.1. The predicted molar refractivity (Wildman–Crippen MR) is 104 cm³/mol. The molecule has 2 amide bonds. The molecule has 0 saturated heterocycles. The number of rotatable bonds is 6. The van der Waals surface area contributed by atoms with Crippen LogP contribution in [0.4, 0.5) is 5.69 Å². The Morgan fingerprint density at radius 3 is 2.52 bits per heavy atom. The molecule has 1 aliphatic heterocycles. The van der Waals surface area contributed by atoms with Crippen molar-refractivity contribution in [1.29, 1.82) is 0 Å². The second-order valence-corrected chi connectivity index (χ2v) is 6.16. The van der Waals surface area contributed by atoms with Crippen LogP contribution >= 0.6 is 0 Å². The molecule has 0 bridgehead atoms. The second kappa shape index (κ2) is 8.89. The largest absolute Gasteiger partial charge is 0.486 e. The smallest absolute Gasteiger partial charge is 0.244 e. The van der Waals surface area contributed by atoms with Crippen LogP contribution in [0.5, 0.6) is 11.5 Å². The van der Waals surface area contributed by atoms with Crippen LogP contribution in [0.3, 0.4) is 0 Å². The average Bonchev–Trinajstić information content (AvgIpc) is 2.67. The molecule has 0 spiro atoms. The molecule has 6 heteroatoms. The predicted octanol–water partition coefficient (Wildman–Crippen LogP) is 2.79. The number of nitrogens with one attached hydrogen (secondary N) is 2. The third-order valence-corrected chi connectivity index (χ3v) is 3.98. The molecular formula is C21H22N2O4. The van der Waals surface area contributed by atoms with Crippen molar-refractivity contribution in [2.24, 2.45) is 0 Å². The summed E-state index contributed by atoms with van der Waals surface area (Å²) in [6, 6.07) is 13.1. The van der Waals surface area contributed by atoms with Gasteiger partial charge in [0.2, 0.25) is 11.8 Å². The summed E-state index contributed by atoms with van der Waals surface area (Å²) in [6.45, 7) is 3.13. The highest BCUT2D eigenvalue weighted by Gasteiger charge is 2.11. The molecule has 3 rings (SSSR count). The van der Waals surface area contributed by atoms with E-state index in [9.17, 15) is 9.59 Å². The molecule has 1 aliphatic rings. The van der Waals surface area contributed by atoms with Crippen LogP contribution in [0.1, 0.15) is 18.1 Å². The molecule has 0 aromatic heterocycles. The van der Waals surface area contributed by atoms with E-state index in [0.717, 1.165) is 28.3 Å². The molecule has 2 N–H and O–H groups in total. The third kappa shape index (κ3) is 5.60. The Labute approximate surface area is 158 Å². The SMILES string of the molecule is CC(=O)Nc1ccc(/C=C/C(=O)NCCc2ccc3c(c2)OCCO3)cc1. The molecule has 2 aromatic carbocycles. The molecule has 2 aromatic rings. The van der Waals surface area contributed by atoms with Crippen LogP contribution in [0.25, 0.3) is 6.08 Å². The standard InChI is InChI=1S/C21H22N2O4/c1-15(24)23-18-6-2-16(3-7-18)5-9-21(25)22-11-10-17-4-8-19-20(14-17)27-13-12-26-19/h2-9,14H,10-13H2,1H3,(H,22,25)(H,23,24)/b9-5+. The highest BCUT2D eigenvalue weighted by molar-refractivity contribution is 5.92. The van der Waals surface area contributed by atoms with Gasteiger partial charge >= 0.3 is 0 Å². The zero-order valence-electron chi connectivity index (χ0n) is 15.2. The lowest BCUT2D eigenvalue weighted by Gasteiger charge is -2.18. The van der Waals surface area contributed by atoms with Crippen molar-refractivity contribution < 1.29 is 19.1 Å². The van der Waals surface area contributed by atoms with E-state index in [1.54, 1.807) is 18.2 Å². The summed E-state index contributed by atoms with van der Waals surface area (Å²) in [6.07, 6.45) is 3.94. The van der Waals surface area contributed by atoms with Gasteiger partial charge in [0.25, 0.3) is 0 Å². The molecule has 27 heavy (non-hydrogen) atoms. The van der Waals surface area contributed by atoms with Crippen molar-refractivity contribution in [3.05, 3.63) is 59.7 Å². The van der Waals surface area contributed by atoms with Gasteiger partial charge in [-0.25, -0.2) is 0 Å². The zero-order chi connectivity index (χ0) is 19.1. The maximum Gasteiger partial charge on any atom is 0.244 e. The van der Waals surface area contributed by atoms with Crippen LogP contribution < -0.4 is 20.1 Å². The molecule has 140 valence electrons. The Morgan fingerprint density at radius 1 is 1.04 bits per heavy atom. The van der Waals surface area contributed by atoms with E-state index in [1.807, 2.05) is 30.3 Å². The van der Waals surface area contributed by atoms with Crippen molar-refractivity contribution in [3.8, 4) is 11.5 Å². The summed E-state index contributed by atoms with van der Waals surface area (Å²) >= 11 is 0. The zero-order valence-corrected chi connectivity index (χ0v) is 15.2. The van der Waals surface area contributed by atoms with E-state index in [1.165, 1.54) is 13.0 Å². The fourth-order valence-electron chi connectivity index (χ4n) is 2.68. The lowest BCUT2D eigenvalue weighted by Crippen LogP contribution is -2.23. The number of hydrogen-bond acceptors (Lipinski definition) is 4. The lowest BCUT2D eigenvalue weighted by atomic mass is 10.1. The average molecular weight is 366 g/mol. The first-order chi connectivity index (χ1) is 13.1. The highest BCUT2D eigenvalue weighted by atomic mass is 16.6. The Morgan fingerprint density at radius 2 is 1.78 bits per heavy atom. The minimum absolute atomic E-state index is 0.115. The van der Waals surface area contributed by atoms with Gasteiger partial charge in [0, 0.05) is 25.2 Å². The summed E-state index contributed by atoms with van der Waals surface area (Å²) in [5.74, 6) is 1.25. The first-order valence-corrected chi connectivity index (χ1v) is 8.82. The second-order valence-electron chi connectivity index (χ2n) is 6.16. The fourth-order valence-corrected chi connectivity index (χ4v) is 2.68. The first-order valence-electron chi connectivity index (χ1n) is 8.82. The van der Waals surface area contributed by atoms with Gasteiger partial charge in [-0.3, -0.25) is 9.59 Å². The number of anilines is 1. The van der Waals surface area contributed by atoms with Crippen LogP contribution in [0, 0.1) is 0 Å². The van der Waals surface area contributed by atoms with Gasteiger partial charge in [0.1, 0.15) is 13.2 Å². The molecular weight excluding hydrogens is 344 g/mol. The molecule has 0 fully saturated rings. The van der Waals surface area contributed by atoms with Gasteiger partial charge in [0.05, 0.1) is 0 Å². The molecule has 0 unspecified atom stereocenters. The van der Waals surface area contributed by atoms with Crippen molar-refractivity contribution in [3.63, 3.8) is 0 Å². The first kappa shape index (κ1) is 18.5. The van der Waals surface area contributed by atoms with Crippen LogP contribution in [-0.2, 0) is 16.0 Å². The van der Waals surface area contributed by atoms with Gasteiger partial charge in [-0.05, 0) is 47.9 Å². The summed E-state index contributed by atoms with van der Waals surface area (Å²) in [5.41, 5.74) is 2.69. The molecule has 0 aliphatic carbocycles. The minimum Gasteiger partial charge on any atom is -0.486 e. The Bertz CT molecular complexity index is 844. The van der Waals surface area contributed by atoms with Crippen molar-refractivity contribution in [2.75, 3.05) is 25.1 Å². The van der Waals surface area contributed by atoms with Crippen LogP contribution in [0.2, 0.25) is 0 Å². The summed E-state index contributed by atoms with van der Waals surface area (Å²) in [4.78, 5) is 22.9. The topological polar surface area (TPSA) is 76.7 Å². The maximum atomic E-state index is 12.0. The number of carbonyl (C=O) groups is 2. The number of benzene rings is 2. The van der Waals surface area contributed by atoms with Crippen molar-refractivity contribution >= 4 is 23.6 Å². The van der Waals surface area contributed by atoms with Gasteiger partial charge in [-0.2, -0.15) is 0 Å². The molecule has 0 atom stereocenters. The molecule has 0 radical (unpaired) electrons. The third-order valence-electron chi connectivity index (χ3n) is 3.98. The van der Waals surface area contributed by atoms with Gasteiger partial charge in [-0.1, -0.05) is 18.2 Å². The monoisotopic (exact) mass is 366 g/mol. The number of amides is 2. The molecule has 1 heterocycles. The molecule has 0 saturated carbocycles. The van der Waals surface area contributed by atoms with Crippen LogP contribution in [0.15, 0.2) is 48.5 Å². The normalized spacial score (nSPS) is 12.6. The Hall–Kier alpha value is -3.28. The van der Waals surface area contributed by atoms with Gasteiger partial charge in [-0.15, -0.1) is 0 Å². The quantitative estimate of drug-likeness (QED) is 0.771. The highest BCUT2D eigenvalue weighted by Crippen LogP contribution is 2.30. The number of carbonyl (C=O) groups excluding carboxylic acids is 2. The van der Waals surface area contributed by atoms with Crippen LogP contribution in [-0.4, -0.2) is 31.6 Å². The number of hydrogen-bond donors (Lipinski definition) is 2. The van der Waals surface area contributed by atoms with Crippen molar-refractivity contribution in [2.45, 2.75) is 13.3 Å². The summed E-state index contributed by atoms with van der Waals surface area (Å²) in [5, 5.41) is 5.56. The van der Waals surface area contributed by atoms with Gasteiger partial charge in [0.15, 0.2) is 11.5 Å². The van der Waals surface area contributed by atoms with Gasteiger partial charge < -0.3 is 20.1 Å². The summed E-state index contributed by atoms with van der Waals surface area (Å²) in [7, 11) is 0. The number of fused-ring (bicyclic) bond motifs is 1. The number of ether oxygens (including phenoxy) is 2. The molecule has 6 nitrogen and oxygen atoms in total. The maximum absolute atomic E-state index is 12.0. The van der Waals surface area contributed by atoms with Crippen molar-refractivity contribution in [1.82, 2.24) is 5.32 Å². The fraction of sp³-hybridized carbons (Fsp3) is 0.238. The van der Waals surface area contributed by atoms with E-state index in [4.69, 9.17) is 9.47 Å². The minimum atomic E-state index is -0.154. The van der Waals surface area contributed by atoms with E-state index < -0.39 is 0 Å². The van der Waals surface area contributed by atoms with E-state index in [0.29, 0.717) is 26.2 Å². The van der Waals surface area contributed by atoms with E-state index >= 15 is 0 Å². The lowest BCUT2D eigenvalue weighted by molar-refractivity contribution is -0.116. The Balaban J connectivity index is 1.45.